The molecule has 0 aliphatic heterocycles. The Bertz CT molecular complexity index is 709. The molecule has 0 atom stereocenters. The zero-order valence-electron chi connectivity index (χ0n) is 13.3. The van der Waals surface area contributed by atoms with Gasteiger partial charge in [-0.3, -0.25) is 0 Å². The maximum absolute atomic E-state index is 12.3. The fourth-order valence-electron chi connectivity index (χ4n) is 2.01. The number of hydrogen-bond donors (Lipinski definition) is 1. The number of ether oxygens (including phenoxy) is 2. The van der Waals surface area contributed by atoms with Crippen molar-refractivity contribution in [1.82, 2.24) is 4.72 Å². The zero-order valence-corrected chi connectivity index (χ0v) is 14.1. The van der Waals surface area contributed by atoms with Crippen LogP contribution in [-0.4, -0.2) is 21.6 Å². The molecular weight excluding hydrogens is 314 g/mol. The molecule has 0 spiro atoms. The van der Waals surface area contributed by atoms with Crippen molar-refractivity contribution in [2.75, 3.05) is 13.2 Å². The number of rotatable bonds is 8. The van der Waals surface area contributed by atoms with Crippen molar-refractivity contribution < 1.29 is 17.9 Å². The Labute approximate surface area is 137 Å². The van der Waals surface area contributed by atoms with Crippen molar-refractivity contribution in [3.8, 4) is 11.5 Å². The van der Waals surface area contributed by atoms with Crippen LogP contribution in [0.25, 0.3) is 0 Å². The highest BCUT2D eigenvalue weighted by molar-refractivity contribution is 7.89. The van der Waals surface area contributed by atoms with Crippen LogP contribution in [0.3, 0.4) is 0 Å². The monoisotopic (exact) mass is 335 g/mol. The van der Waals surface area contributed by atoms with Gasteiger partial charge in [0.1, 0.15) is 11.5 Å². The lowest BCUT2D eigenvalue weighted by atomic mass is 10.2. The first-order chi connectivity index (χ1) is 11.0. The van der Waals surface area contributed by atoms with E-state index in [1.165, 1.54) is 12.1 Å². The lowest BCUT2D eigenvalue weighted by molar-refractivity contribution is 0.340. The van der Waals surface area contributed by atoms with E-state index in [-0.39, 0.29) is 11.4 Å². The molecule has 6 heteroatoms. The maximum atomic E-state index is 12.3. The molecule has 0 radical (unpaired) electrons. The van der Waals surface area contributed by atoms with Gasteiger partial charge in [0.15, 0.2) is 0 Å². The molecule has 0 saturated heterocycles. The van der Waals surface area contributed by atoms with Gasteiger partial charge < -0.3 is 9.47 Å². The van der Waals surface area contributed by atoms with E-state index in [1.54, 1.807) is 12.1 Å². The molecule has 124 valence electrons. The molecule has 5 nitrogen and oxygen atoms in total. The van der Waals surface area contributed by atoms with Crippen LogP contribution in [0.4, 0.5) is 0 Å². The van der Waals surface area contributed by atoms with Gasteiger partial charge in [0, 0.05) is 6.54 Å². The third kappa shape index (κ3) is 4.97. The van der Waals surface area contributed by atoms with Crippen LogP contribution in [0, 0.1) is 0 Å². The SMILES string of the molecule is CCOc1ccc(CNS(=O)(=O)c2ccc(OCC)cc2)cc1. The van der Waals surface area contributed by atoms with Crippen molar-refractivity contribution in [3.05, 3.63) is 54.1 Å². The number of nitrogens with one attached hydrogen (secondary N) is 1. The van der Waals surface area contributed by atoms with Gasteiger partial charge >= 0.3 is 0 Å². The number of benzene rings is 2. The molecule has 1 N–H and O–H groups in total. The first kappa shape index (κ1) is 17.3. The Hall–Kier alpha value is -2.05. The van der Waals surface area contributed by atoms with Gasteiger partial charge in [0.2, 0.25) is 10.0 Å². The summed E-state index contributed by atoms with van der Waals surface area (Å²) in [6.07, 6.45) is 0. The Balaban J connectivity index is 2.00. The lowest BCUT2D eigenvalue weighted by Crippen LogP contribution is -2.23. The summed E-state index contributed by atoms with van der Waals surface area (Å²) in [7, 11) is -3.55. The summed E-state index contributed by atoms with van der Waals surface area (Å²) < 4.78 is 37.8. The van der Waals surface area contributed by atoms with Crippen molar-refractivity contribution in [1.29, 1.82) is 0 Å². The van der Waals surface area contributed by atoms with Crippen LogP contribution in [0.1, 0.15) is 19.4 Å². The maximum Gasteiger partial charge on any atom is 0.240 e. The standard InChI is InChI=1S/C17H21NO4S/c1-3-21-15-7-5-14(6-8-15)13-18-23(19,20)17-11-9-16(10-12-17)22-4-2/h5-12,18H,3-4,13H2,1-2H3. The van der Waals surface area contributed by atoms with Crippen LogP contribution in [0.5, 0.6) is 11.5 Å². The van der Waals surface area contributed by atoms with E-state index in [2.05, 4.69) is 4.72 Å². The minimum atomic E-state index is -3.55. The average Bonchev–Trinajstić information content (AvgIpc) is 2.55. The van der Waals surface area contributed by atoms with E-state index in [4.69, 9.17) is 9.47 Å². The largest absolute Gasteiger partial charge is 0.494 e. The first-order valence-electron chi connectivity index (χ1n) is 7.49. The van der Waals surface area contributed by atoms with E-state index in [1.807, 2.05) is 38.1 Å². The van der Waals surface area contributed by atoms with E-state index < -0.39 is 10.0 Å². The summed E-state index contributed by atoms with van der Waals surface area (Å²) in [5, 5.41) is 0. The topological polar surface area (TPSA) is 64.6 Å². The molecule has 0 unspecified atom stereocenters. The normalized spacial score (nSPS) is 11.2. The van der Waals surface area contributed by atoms with Gasteiger partial charge in [-0.05, 0) is 55.8 Å². The highest BCUT2D eigenvalue weighted by Crippen LogP contribution is 2.17. The van der Waals surface area contributed by atoms with Crippen molar-refractivity contribution in [2.24, 2.45) is 0 Å². The van der Waals surface area contributed by atoms with Crippen molar-refractivity contribution in [2.45, 2.75) is 25.3 Å². The molecule has 0 bridgehead atoms. The number of sulfonamides is 1. The molecule has 2 aromatic carbocycles. The molecule has 2 aromatic rings. The second-order valence-corrected chi connectivity index (χ2v) is 6.57. The van der Waals surface area contributed by atoms with Crippen LogP contribution in [-0.2, 0) is 16.6 Å². The summed E-state index contributed by atoms with van der Waals surface area (Å²) in [5.41, 5.74) is 0.864. The summed E-state index contributed by atoms with van der Waals surface area (Å²) in [5.74, 6) is 1.42. The lowest BCUT2D eigenvalue weighted by Gasteiger charge is -2.09. The summed E-state index contributed by atoms with van der Waals surface area (Å²) in [4.78, 5) is 0.215. The molecule has 0 amide bonds. The third-order valence-electron chi connectivity index (χ3n) is 3.15. The van der Waals surface area contributed by atoms with E-state index in [0.717, 1.165) is 11.3 Å². The fraction of sp³-hybridized carbons (Fsp3) is 0.294. The smallest absolute Gasteiger partial charge is 0.240 e. The van der Waals surface area contributed by atoms with Gasteiger partial charge in [-0.2, -0.15) is 0 Å². The minimum Gasteiger partial charge on any atom is -0.494 e. The summed E-state index contributed by atoms with van der Waals surface area (Å²) in [6, 6.07) is 13.7. The van der Waals surface area contributed by atoms with Crippen LogP contribution < -0.4 is 14.2 Å². The van der Waals surface area contributed by atoms with Crippen molar-refractivity contribution in [3.63, 3.8) is 0 Å². The Morgan fingerprint density at radius 1 is 0.826 bits per heavy atom. The Kier molecular flexibility index (Phi) is 6.01. The van der Waals surface area contributed by atoms with Gasteiger partial charge in [0.05, 0.1) is 18.1 Å². The predicted octanol–water partition coefficient (Wildman–Crippen LogP) is 2.96. The van der Waals surface area contributed by atoms with Gasteiger partial charge in [0.25, 0.3) is 0 Å². The minimum absolute atomic E-state index is 0.215. The van der Waals surface area contributed by atoms with E-state index in [9.17, 15) is 8.42 Å². The molecule has 0 heterocycles. The van der Waals surface area contributed by atoms with E-state index >= 15 is 0 Å². The van der Waals surface area contributed by atoms with Crippen LogP contribution >= 0.6 is 0 Å². The molecule has 0 saturated carbocycles. The second kappa shape index (κ2) is 7.99. The molecule has 0 aromatic heterocycles. The highest BCUT2D eigenvalue weighted by atomic mass is 32.2. The number of hydrogen-bond acceptors (Lipinski definition) is 4. The van der Waals surface area contributed by atoms with E-state index in [0.29, 0.717) is 19.0 Å². The second-order valence-electron chi connectivity index (χ2n) is 4.81. The molecule has 0 fully saturated rings. The molecule has 0 aliphatic rings. The van der Waals surface area contributed by atoms with Gasteiger partial charge in [-0.25, -0.2) is 13.1 Å². The molecule has 23 heavy (non-hydrogen) atoms. The molecular formula is C17H21NO4S. The summed E-state index contributed by atoms with van der Waals surface area (Å²) in [6.45, 7) is 5.16. The fourth-order valence-corrected chi connectivity index (χ4v) is 3.03. The quantitative estimate of drug-likeness (QED) is 0.805. The Morgan fingerprint density at radius 3 is 1.78 bits per heavy atom. The van der Waals surface area contributed by atoms with Gasteiger partial charge in [-0.15, -0.1) is 0 Å². The molecule has 0 aliphatic carbocycles. The highest BCUT2D eigenvalue weighted by Gasteiger charge is 2.13. The van der Waals surface area contributed by atoms with Crippen LogP contribution in [0.15, 0.2) is 53.4 Å². The zero-order chi connectivity index (χ0) is 16.7. The predicted molar refractivity (Wildman–Crippen MR) is 89.2 cm³/mol. The van der Waals surface area contributed by atoms with Gasteiger partial charge in [-0.1, -0.05) is 12.1 Å². The summed E-state index contributed by atoms with van der Waals surface area (Å²) >= 11 is 0. The average molecular weight is 335 g/mol. The van der Waals surface area contributed by atoms with Crippen molar-refractivity contribution >= 4 is 10.0 Å². The first-order valence-corrected chi connectivity index (χ1v) is 8.97. The third-order valence-corrected chi connectivity index (χ3v) is 4.56. The van der Waals surface area contributed by atoms with Crippen LogP contribution in [0.2, 0.25) is 0 Å². The Morgan fingerprint density at radius 2 is 1.30 bits per heavy atom. The molecule has 2 rings (SSSR count).